The number of hydrogen-bond donors (Lipinski definition) is 1. The molecule has 4 heterocycles. The summed E-state index contributed by atoms with van der Waals surface area (Å²) in [6.07, 6.45) is 7.08. The number of rotatable bonds is 7. The lowest BCUT2D eigenvalue weighted by atomic mass is 9.88. The number of aromatic nitrogens is 4. The largest absolute Gasteiger partial charge is 0.366 e. The number of nitrogens with one attached hydrogen (secondary N) is 1. The monoisotopic (exact) mass is 512 g/mol. The quantitative estimate of drug-likeness (QED) is 0.333. The van der Waals surface area contributed by atoms with Crippen molar-refractivity contribution < 1.29 is 4.79 Å². The van der Waals surface area contributed by atoms with Crippen molar-refractivity contribution in [2.24, 2.45) is 0 Å². The molecular weight excluding hydrogens is 483 g/mol. The van der Waals surface area contributed by atoms with Crippen LogP contribution in [0.4, 0.5) is 5.82 Å². The molecule has 2 aromatic carbocycles. The topological polar surface area (TPSA) is 75.4 Å². The fourth-order valence-electron chi connectivity index (χ4n) is 5.40. The normalized spacial score (nSPS) is 15.5. The van der Waals surface area contributed by atoms with E-state index in [-0.39, 0.29) is 17.7 Å². The van der Waals surface area contributed by atoms with Gasteiger partial charge in [0.2, 0.25) is 5.91 Å². The van der Waals surface area contributed by atoms with Crippen molar-refractivity contribution in [3.63, 3.8) is 0 Å². The molecule has 1 amide bonds. The van der Waals surface area contributed by atoms with Gasteiger partial charge in [-0.15, -0.1) is 0 Å². The number of carbonyl (C=O) groups is 1. The number of anilines is 1. The van der Waals surface area contributed by atoms with Gasteiger partial charge in [0, 0.05) is 50.2 Å². The van der Waals surface area contributed by atoms with E-state index in [9.17, 15) is 4.79 Å². The second kappa shape index (κ2) is 11.1. The first kappa shape index (κ1) is 24.9. The molecule has 1 saturated heterocycles. The van der Waals surface area contributed by atoms with Crippen molar-refractivity contribution >= 4 is 30.7 Å². The molecule has 39 heavy (non-hydrogen) atoms. The number of amides is 1. The number of carbonyl (C=O) groups excluding carboxylic acids is 1. The van der Waals surface area contributed by atoms with Gasteiger partial charge in [-0.25, -0.2) is 4.98 Å². The Hall–Kier alpha value is -4.46. The van der Waals surface area contributed by atoms with Gasteiger partial charge in [-0.3, -0.25) is 9.78 Å². The highest BCUT2D eigenvalue weighted by molar-refractivity contribution is 6.36. The fourth-order valence-corrected chi connectivity index (χ4v) is 5.40. The van der Waals surface area contributed by atoms with E-state index in [1.165, 1.54) is 0 Å². The summed E-state index contributed by atoms with van der Waals surface area (Å²) in [5.41, 5.74) is 5.13. The molecule has 3 aromatic heterocycles. The van der Waals surface area contributed by atoms with E-state index in [1.54, 1.807) is 16.9 Å². The van der Waals surface area contributed by atoms with Crippen molar-refractivity contribution in [1.82, 2.24) is 24.5 Å². The minimum Gasteiger partial charge on any atom is -0.366 e. The molecule has 0 bridgehead atoms. The highest BCUT2D eigenvalue weighted by atomic mass is 16.2. The van der Waals surface area contributed by atoms with Crippen LogP contribution < -0.4 is 10.8 Å². The van der Waals surface area contributed by atoms with E-state index in [0.29, 0.717) is 24.2 Å². The molecule has 7 nitrogen and oxygen atoms in total. The maximum atomic E-state index is 14.1. The van der Waals surface area contributed by atoms with Crippen LogP contribution in [0.2, 0.25) is 0 Å². The van der Waals surface area contributed by atoms with Gasteiger partial charge in [0.25, 0.3) is 0 Å². The highest BCUT2D eigenvalue weighted by Crippen LogP contribution is 2.32. The first-order chi connectivity index (χ1) is 19.2. The molecule has 1 unspecified atom stereocenters. The SMILES string of the molecule is [B]c1cnn2c(NCc3cccnc3)cc(C3CCCN(C(=O)C(c4ccccc4)c4ccccc4)C3)nc12. The first-order valence-electron chi connectivity index (χ1n) is 13.3. The Balaban J connectivity index is 1.28. The highest BCUT2D eigenvalue weighted by Gasteiger charge is 2.32. The summed E-state index contributed by atoms with van der Waals surface area (Å²) in [7, 11) is 6.25. The molecule has 0 aliphatic carbocycles. The molecule has 2 radical (unpaired) electrons. The van der Waals surface area contributed by atoms with Gasteiger partial charge in [-0.05, 0) is 41.1 Å². The lowest BCUT2D eigenvalue weighted by Crippen LogP contribution is -2.42. The minimum absolute atomic E-state index is 0.0909. The number of nitrogens with zero attached hydrogens (tertiary/aromatic N) is 5. The van der Waals surface area contributed by atoms with Crippen LogP contribution in [0.3, 0.4) is 0 Å². The van der Waals surface area contributed by atoms with Gasteiger partial charge in [-0.1, -0.05) is 66.7 Å². The predicted octanol–water partition coefficient (Wildman–Crippen LogP) is 4.07. The van der Waals surface area contributed by atoms with E-state index < -0.39 is 0 Å². The minimum atomic E-state index is -0.344. The average Bonchev–Trinajstić information content (AvgIpc) is 3.38. The molecule has 1 fully saturated rings. The lowest BCUT2D eigenvalue weighted by molar-refractivity contribution is -0.133. The molecule has 0 spiro atoms. The van der Waals surface area contributed by atoms with Gasteiger partial charge in [0.1, 0.15) is 13.7 Å². The molecule has 0 saturated carbocycles. The third kappa shape index (κ3) is 5.28. The molecule has 6 rings (SSSR count). The summed E-state index contributed by atoms with van der Waals surface area (Å²) < 4.78 is 1.74. The Labute approximate surface area is 229 Å². The summed E-state index contributed by atoms with van der Waals surface area (Å²) in [5, 5.41) is 7.91. The van der Waals surface area contributed by atoms with Crippen LogP contribution in [0, 0.1) is 0 Å². The van der Waals surface area contributed by atoms with Gasteiger partial charge < -0.3 is 10.2 Å². The Morgan fingerprint density at radius 1 is 1.00 bits per heavy atom. The third-order valence-electron chi connectivity index (χ3n) is 7.38. The fraction of sp³-hybridized carbons (Fsp3) is 0.226. The first-order valence-corrected chi connectivity index (χ1v) is 13.3. The van der Waals surface area contributed by atoms with Gasteiger partial charge in [-0.2, -0.15) is 9.61 Å². The van der Waals surface area contributed by atoms with Crippen LogP contribution in [-0.4, -0.2) is 51.3 Å². The number of benzene rings is 2. The average molecular weight is 512 g/mol. The number of pyridine rings is 1. The summed E-state index contributed by atoms with van der Waals surface area (Å²) in [6, 6.07) is 26.1. The standard InChI is InChI=1S/C31H29BN6O/c32-26-20-35-38-28(34-19-22-9-7-15-33-18-22)17-27(36-30(26)38)25-14-8-16-37(21-25)31(39)29(23-10-3-1-4-11-23)24-12-5-2-6-13-24/h1-7,9-13,15,17-18,20,25,29,34H,8,14,16,19,21H2. The van der Waals surface area contributed by atoms with Gasteiger partial charge in [0.05, 0.1) is 11.6 Å². The number of likely N-dealkylation sites (tertiary alicyclic amines) is 1. The van der Waals surface area contributed by atoms with Crippen molar-refractivity contribution in [3.8, 4) is 0 Å². The van der Waals surface area contributed by atoms with Gasteiger partial charge >= 0.3 is 0 Å². The molecular formula is C31H29BN6O. The molecule has 192 valence electrons. The van der Waals surface area contributed by atoms with Crippen LogP contribution in [0.1, 0.15) is 47.1 Å². The second-order valence-electron chi connectivity index (χ2n) is 9.99. The smallest absolute Gasteiger partial charge is 0.234 e. The van der Waals surface area contributed by atoms with Crippen LogP contribution in [0.5, 0.6) is 0 Å². The predicted molar refractivity (Wildman–Crippen MR) is 153 cm³/mol. The zero-order valence-corrected chi connectivity index (χ0v) is 21.6. The zero-order chi connectivity index (χ0) is 26.6. The Morgan fingerprint density at radius 3 is 2.44 bits per heavy atom. The zero-order valence-electron chi connectivity index (χ0n) is 21.6. The van der Waals surface area contributed by atoms with E-state index >= 15 is 0 Å². The van der Waals surface area contributed by atoms with Crippen molar-refractivity contribution in [1.29, 1.82) is 0 Å². The Kier molecular flexibility index (Phi) is 7.08. The molecule has 1 aliphatic heterocycles. The molecule has 1 atom stereocenters. The van der Waals surface area contributed by atoms with Crippen molar-refractivity contribution in [2.75, 3.05) is 18.4 Å². The maximum absolute atomic E-state index is 14.1. The second-order valence-corrected chi connectivity index (χ2v) is 9.99. The van der Waals surface area contributed by atoms with E-state index in [2.05, 4.69) is 15.4 Å². The maximum Gasteiger partial charge on any atom is 0.234 e. The van der Waals surface area contributed by atoms with Crippen LogP contribution in [0.15, 0.2) is 97.5 Å². The summed E-state index contributed by atoms with van der Waals surface area (Å²) in [5.74, 6) is 0.680. The lowest BCUT2D eigenvalue weighted by Gasteiger charge is -2.35. The van der Waals surface area contributed by atoms with Crippen molar-refractivity contribution in [3.05, 3.63) is 120 Å². The summed E-state index contributed by atoms with van der Waals surface area (Å²) >= 11 is 0. The van der Waals surface area contributed by atoms with Crippen LogP contribution in [0.25, 0.3) is 5.65 Å². The molecule has 8 heteroatoms. The van der Waals surface area contributed by atoms with Crippen molar-refractivity contribution in [2.45, 2.75) is 31.2 Å². The summed E-state index contributed by atoms with van der Waals surface area (Å²) in [6.45, 7) is 1.93. The summed E-state index contributed by atoms with van der Waals surface area (Å²) in [4.78, 5) is 25.2. The molecule has 5 aromatic rings. The van der Waals surface area contributed by atoms with E-state index in [4.69, 9.17) is 12.8 Å². The number of piperidine rings is 1. The van der Waals surface area contributed by atoms with E-state index in [0.717, 1.165) is 47.6 Å². The number of fused-ring (bicyclic) bond motifs is 1. The number of hydrogen-bond acceptors (Lipinski definition) is 5. The third-order valence-corrected chi connectivity index (χ3v) is 7.38. The van der Waals surface area contributed by atoms with E-state index in [1.807, 2.05) is 90.0 Å². The van der Waals surface area contributed by atoms with Crippen LogP contribution >= 0.6 is 0 Å². The molecule has 1 N–H and O–H groups in total. The van der Waals surface area contributed by atoms with Crippen LogP contribution in [-0.2, 0) is 11.3 Å². The van der Waals surface area contributed by atoms with Gasteiger partial charge in [0.15, 0.2) is 5.65 Å². The Bertz CT molecular complexity index is 1520. The Morgan fingerprint density at radius 2 is 1.74 bits per heavy atom. The molecule has 1 aliphatic rings.